The van der Waals surface area contributed by atoms with E-state index in [1.807, 2.05) is 0 Å². The zero-order valence-electron chi connectivity index (χ0n) is 10.2. The molecule has 0 aromatic rings. The minimum Gasteiger partial charge on any atom is -0.378 e. The molecule has 2 N–H and O–H groups in total. The average Bonchev–Trinajstić information content (AvgIpc) is 2.81. The molecule has 0 spiro atoms. The van der Waals surface area contributed by atoms with Gasteiger partial charge in [0.25, 0.3) is 0 Å². The summed E-state index contributed by atoms with van der Waals surface area (Å²) in [5.74, 6) is 0.764. The highest BCUT2D eigenvalue weighted by atomic mass is 35.5. The van der Waals surface area contributed by atoms with Crippen molar-refractivity contribution < 1.29 is 9.53 Å². The average molecular weight is 263 g/mol. The van der Waals surface area contributed by atoms with Gasteiger partial charge in [0.05, 0.1) is 12.5 Å². The quantitative estimate of drug-likeness (QED) is 0.798. The van der Waals surface area contributed by atoms with E-state index in [1.54, 1.807) is 0 Å². The summed E-state index contributed by atoms with van der Waals surface area (Å²) in [7, 11) is 0. The van der Waals surface area contributed by atoms with Crippen molar-refractivity contribution in [2.45, 2.75) is 38.2 Å². The predicted molar refractivity (Wildman–Crippen MR) is 69.4 cm³/mol. The van der Waals surface area contributed by atoms with Gasteiger partial charge < -0.3 is 15.4 Å². The zero-order chi connectivity index (χ0) is 11.2. The highest BCUT2D eigenvalue weighted by molar-refractivity contribution is 5.85. The van der Waals surface area contributed by atoms with Crippen LogP contribution in [0.4, 0.5) is 0 Å². The van der Waals surface area contributed by atoms with Crippen molar-refractivity contribution in [3.63, 3.8) is 0 Å². The highest BCUT2D eigenvalue weighted by Gasteiger charge is 2.20. The van der Waals surface area contributed by atoms with Crippen molar-refractivity contribution in [3.8, 4) is 0 Å². The van der Waals surface area contributed by atoms with Crippen molar-refractivity contribution in [3.05, 3.63) is 0 Å². The first kappa shape index (κ1) is 14.7. The van der Waals surface area contributed by atoms with Crippen molar-refractivity contribution in [2.75, 3.05) is 26.2 Å². The van der Waals surface area contributed by atoms with Gasteiger partial charge in [0, 0.05) is 13.2 Å². The van der Waals surface area contributed by atoms with Crippen LogP contribution in [0, 0.1) is 5.92 Å². The van der Waals surface area contributed by atoms with Crippen LogP contribution in [-0.4, -0.2) is 38.3 Å². The summed E-state index contributed by atoms with van der Waals surface area (Å²) >= 11 is 0. The Kier molecular flexibility index (Phi) is 6.85. The van der Waals surface area contributed by atoms with Crippen molar-refractivity contribution in [1.29, 1.82) is 0 Å². The fraction of sp³-hybridized carbons (Fsp3) is 0.917. The number of halogens is 1. The van der Waals surface area contributed by atoms with Gasteiger partial charge in [-0.3, -0.25) is 4.79 Å². The molecule has 2 saturated heterocycles. The number of hydrogen-bond donors (Lipinski definition) is 2. The van der Waals surface area contributed by atoms with E-state index in [0.29, 0.717) is 12.3 Å². The van der Waals surface area contributed by atoms with E-state index in [0.717, 1.165) is 39.1 Å². The topological polar surface area (TPSA) is 50.4 Å². The van der Waals surface area contributed by atoms with E-state index < -0.39 is 0 Å². The van der Waals surface area contributed by atoms with Crippen molar-refractivity contribution in [1.82, 2.24) is 10.6 Å². The Labute approximate surface area is 109 Å². The molecule has 100 valence electrons. The summed E-state index contributed by atoms with van der Waals surface area (Å²) in [5.41, 5.74) is 0. The molecule has 2 rings (SSSR count). The Morgan fingerprint density at radius 2 is 2.24 bits per heavy atom. The van der Waals surface area contributed by atoms with Crippen LogP contribution in [0.5, 0.6) is 0 Å². The number of rotatable bonds is 4. The van der Waals surface area contributed by atoms with Crippen LogP contribution in [0.2, 0.25) is 0 Å². The number of carbonyl (C=O) groups is 1. The molecule has 0 radical (unpaired) electrons. The third kappa shape index (κ3) is 5.23. The summed E-state index contributed by atoms with van der Waals surface area (Å²) in [4.78, 5) is 11.6. The molecular formula is C12H23ClN2O2. The molecule has 0 saturated carbocycles. The largest absolute Gasteiger partial charge is 0.378 e. The van der Waals surface area contributed by atoms with Gasteiger partial charge in [-0.25, -0.2) is 0 Å². The number of nitrogens with one attached hydrogen (secondary N) is 2. The molecule has 2 aliphatic heterocycles. The van der Waals surface area contributed by atoms with Gasteiger partial charge in [-0.1, -0.05) is 0 Å². The molecule has 0 aromatic heterocycles. The maximum atomic E-state index is 11.6. The van der Waals surface area contributed by atoms with Crippen LogP contribution in [0.3, 0.4) is 0 Å². The van der Waals surface area contributed by atoms with Crippen molar-refractivity contribution >= 4 is 18.3 Å². The molecule has 1 amide bonds. The van der Waals surface area contributed by atoms with E-state index in [4.69, 9.17) is 4.74 Å². The fourth-order valence-corrected chi connectivity index (χ4v) is 2.44. The third-order valence-corrected chi connectivity index (χ3v) is 3.42. The highest BCUT2D eigenvalue weighted by Crippen LogP contribution is 2.15. The Morgan fingerprint density at radius 3 is 2.88 bits per heavy atom. The second-order valence-electron chi connectivity index (χ2n) is 4.86. The summed E-state index contributed by atoms with van der Waals surface area (Å²) in [6.07, 6.45) is 5.31. The molecule has 0 bridgehead atoms. The van der Waals surface area contributed by atoms with Gasteiger partial charge in [-0.15, -0.1) is 12.4 Å². The SMILES string of the molecule is Cl.O=C(CC1CCCO1)NCC1CCCNC1. The molecule has 2 fully saturated rings. The molecule has 5 heteroatoms. The lowest BCUT2D eigenvalue weighted by Crippen LogP contribution is -2.38. The molecule has 2 heterocycles. The van der Waals surface area contributed by atoms with Crippen LogP contribution in [0.15, 0.2) is 0 Å². The molecule has 2 atom stereocenters. The third-order valence-electron chi connectivity index (χ3n) is 3.42. The normalized spacial score (nSPS) is 28.5. The first-order valence-corrected chi connectivity index (χ1v) is 6.43. The molecular weight excluding hydrogens is 240 g/mol. The molecule has 17 heavy (non-hydrogen) atoms. The first-order valence-electron chi connectivity index (χ1n) is 6.43. The number of hydrogen-bond acceptors (Lipinski definition) is 3. The Balaban J connectivity index is 0.00000144. The summed E-state index contributed by atoms with van der Waals surface area (Å²) in [6.45, 7) is 3.81. The minimum absolute atomic E-state index is 0. The van der Waals surface area contributed by atoms with Gasteiger partial charge >= 0.3 is 0 Å². The summed E-state index contributed by atoms with van der Waals surface area (Å²) < 4.78 is 5.44. The lowest BCUT2D eigenvalue weighted by Gasteiger charge is -2.23. The molecule has 2 aliphatic rings. The van der Waals surface area contributed by atoms with Crippen LogP contribution in [-0.2, 0) is 9.53 Å². The molecule has 4 nitrogen and oxygen atoms in total. The van der Waals surface area contributed by atoms with Crippen LogP contribution in [0.25, 0.3) is 0 Å². The number of carbonyl (C=O) groups excluding carboxylic acids is 1. The lowest BCUT2D eigenvalue weighted by atomic mass is 10.00. The number of piperidine rings is 1. The van der Waals surface area contributed by atoms with E-state index >= 15 is 0 Å². The zero-order valence-corrected chi connectivity index (χ0v) is 11.1. The first-order chi connectivity index (χ1) is 7.84. The summed E-state index contributed by atoms with van der Waals surface area (Å²) in [6, 6.07) is 0. The number of amides is 1. The maximum absolute atomic E-state index is 11.6. The second kappa shape index (κ2) is 7.90. The maximum Gasteiger partial charge on any atom is 0.222 e. The van der Waals surface area contributed by atoms with E-state index in [1.165, 1.54) is 12.8 Å². The molecule has 0 aromatic carbocycles. The Morgan fingerprint density at radius 1 is 1.35 bits per heavy atom. The van der Waals surface area contributed by atoms with E-state index in [-0.39, 0.29) is 24.4 Å². The van der Waals surface area contributed by atoms with Gasteiger partial charge in [-0.2, -0.15) is 0 Å². The lowest BCUT2D eigenvalue weighted by molar-refractivity contribution is -0.123. The predicted octanol–water partition coefficient (Wildman–Crippen LogP) is 1.09. The minimum atomic E-state index is 0. The van der Waals surface area contributed by atoms with Gasteiger partial charge in [-0.05, 0) is 44.7 Å². The van der Waals surface area contributed by atoms with Gasteiger partial charge in [0.15, 0.2) is 0 Å². The second-order valence-corrected chi connectivity index (χ2v) is 4.86. The van der Waals surface area contributed by atoms with Gasteiger partial charge in [0.2, 0.25) is 5.91 Å². The van der Waals surface area contributed by atoms with Crippen LogP contribution >= 0.6 is 12.4 Å². The van der Waals surface area contributed by atoms with Gasteiger partial charge in [0.1, 0.15) is 0 Å². The standard InChI is InChI=1S/C12H22N2O2.ClH/c15-12(7-11-4-2-6-16-11)14-9-10-3-1-5-13-8-10;/h10-11,13H,1-9H2,(H,14,15);1H. The van der Waals surface area contributed by atoms with E-state index in [9.17, 15) is 4.79 Å². The van der Waals surface area contributed by atoms with E-state index in [2.05, 4.69) is 10.6 Å². The Hall–Kier alpha value is -0.320. The Bertz CT molecular complexity index is 227. The molecule has 2 unspecified atom stereocenters. The molecule has 0 aliphatic carbocycles. The summed E-state index contributed by atoms with van der Waals surface area (Å²) in [5, 5.41) is 6.38. The number of ether oxygens (including phenoxy) is 1. The van der Waals surface area contributed by atoms with Crippen LogP contribution < -0.4 is 10.6 Å². The van der Waals surface area contributed by atoms with Crippen LogP contribution in [0.1, 0.15) is 32.1 Å². The smallest absolute Gasteiger partial charge is 0.222 e. The monoisotopic (exact) mass is 262 g/mol. The fourth-order valence-electron chi connectivity index (χ4n) is 2.44. The van der Waals surface area contributed by atoms with Crippen molar-refractivity contribution in [2.24, 2.45) is 5.92 Å².